The highest BCUT2D eigenvalue weighted by Gasteiger charge is 2.45. The van der Waals surface area contributed by atoms with E-state index in [4.69, 9.17) is 25.5 Å². The van der Waals surface area contributed by atoms with Gasteiger partial charge in [0.25, 0.3) is 5.91 Å². The van der Waals surface area contributed by atoms with Crippen LogP contribution in [-0.2, 0) is 4.79 Å². The van der Waals surface area contributed by atoms with Crippen molar-refractivity contribution in [2.45, 2.75) is 25.8 Å². The number of carbonyl (C=O) groups excluding carboxylic acids is 2. The molecule has 3 aromatic rings. The maximum Gasteiger partial charge on any atom is 0.290 e. The van der Waals surface area contributed by atoms with Gasteiger partial charge in [0, 0.05) is 28.6 Å². The minimum Gasteiger partial charge on any atom is -0.503 e. The van der Waals surface area contributed by atoms with Gasteiger partial charge in [0.15, 0.2) is 22.9 Å². The van der Waals surface area contributed by atoms with E-state index in [1.165, 1.54) is 25.2 Å². The number of halogens is 1. The van der Waals surface area contributed by atoms with Crippen LogP contribution in [0, 0.1) is 0 Å². The average Bonchev–Trinajstić information content (AvgIpc) is 3.35. The van der Waals surface area contributed by atoms with Gasteiger partial charge in [-0.1, -0.05) is 43.1 Å². The van der Waals surface area contributed by atoms with E-state index in [1.54, 1.807) is 36.4 Å². The fourth-order valence-electron chi connectivity index (χ4n) is 4.14. The molecule has 33 heavy (non-hydrogen) atoms. The lowest BCUT2D eigenvalue weighted by Crippen LogP contribution is -2.32. The quantitative estimate of drug-likeness (QED) is 0.439. The number of methoxy groups -OCH3 is 2. The number of aliphatic hydroxyl groups excluding tert-OH is 1. The number of aliphatic hydroxyl groups is 1. The number of amides is 1. The van der Waals surface area contributed by atoms with Gasteiger partial charge in [-0.05, 0) is 24.6 Å². The van der Waals surface area contributed by atoms with Crippen LogP contribution in [0.5, 0.6) is 11.5 Å². The van der Waals surface area contributed by atoms with E-state index in [-0.39, 0.29) is 11.3 Å². The number of unbranched alkanes of at least 4 members (excludes halogenated alkanes) is 1. The third kappa shape index (κ3) is 3.93. The molecule has 1 atom stereocenters. The van der Waals surface area contributed by atoms with E-state index >= 15 is 0 Å². The number of hydrogen-bond acceptors (Lipinski definition) is 6. The van der Waals surface area contributed by atoms with E-state index in [9.17, 15) is 14.7 Å². The smallest absolute Gasteiger partial charge is 0.290 e. The summed E-state index contributed by atoms with van der Waals surface area (Å²) < 4.78 is 16.6. The predicted octanol–water partition coefficient (Wildman–Crippen LogP) is 5.48. The zero-order valence-corrected chi connectivity index (χ0v) is 19.3. The maximum absolute atomic E-state index is 13.7. The number of benzene rings is 2. The van der Waals surface area contributed by atoms with Crippen molar-refractivity contribution < 1.29 is 28.6 Å². The van der Waals surface area contributed by atoms with Crippen LogP contribution in [0.2, 0.25) is 5.02 Å². The summed E-state index contributed by atoms with van der Waals surface area (Å²) in [5.74, 6) is -0.919. The van der Waals surface area contributed by atoms with Crippen molar-refractivity contribution >= 4 is 34.3 Å². The Morgan fingerprint density at radius 1 is 1.15 bits per heavy atom. The number of carbonyl (C=O) groups is 2. The van der Waals surface area contributed by atoms with Gasteiger partial charge in [-0.3, -0.25) is 9.59 Å². The highest BCUT2D eigenvalue weighted by atomic mass is 35.5. The van der Waals surface area contributed by atoms with Crippen molar-refractivity contribution in [3.63, 3.8) is 0 Å². The second-order valence-corrected chi connectivity index (χ2v) is 8.16. The average molecular weight is 470 g/mol. The van der Waals surface area contributed by atoms with Crippen LogP contribution in [0.15, 0.2) is 58.2 Å². The van der Waals surface area contributed by atoms with Crippen LogP contribution in [0.4, 0.5) is 0 Å². The molecule has 1 amide bonds. The van der Waals surface area contributed by atoms with Gasteiger partial charge in [0.1, 0.15) is 5.75 Å². The summed E-state index contributed by atoms with van der Waals surface area (Å²) in [6.45, 7) is 2.38. The number of para-hydroxylation sites is 1. The van der Waals surface area contributed by atoms with Crippen LogP contribution in [0.25, 0.3) is 11.0 Å². The van der Waals surface area contributed by atoms with Crippen molar-refractivity contribution in [3.05, 3.63) is 70.1 Å². The molecule has 0 saturated heterocycles. The molecule has 172 valence electrons. The molecule has 0 fully saturated rings. The summed E-state index contributed by atoms with van der Waals surface area (Å²) in [6.07, 6.45) is 1.56. The summed E-state index contributed by atoms with van der Waals surface area (Å²) in [5.41, 5.74) is 0.907. The number of Topliss-reactive ketones (excluding diaryl/α,β-unsaturated/α-hetero) is 1. The third-order valence-electron chi connectivity index (χ3n) is 5.73. The van der Waals surface area contributed by atoms with Gasteiger partial charge in [0.2, 0.25) is 5.78 Å². The lowest BCUT2D eigenvalue weighted by molar-refractivity contribution is -0.129. The first-order valence-corrected chi connectivity index (χ1v) is 11.0. The molecule has 0 aliphatic carbocycles. The molecule has 1 N–H and O–H groups in total. The highest BCUT2D eigenvalue weighted by molar-refractivity contribution is 6.31. The van der Waals surface area contributed by atoms with Gasteiger partial charge in [-0.25, -0.2) is 0 Å². The van der Waals surface area contributed by atoms with Gasteiger partial charge < -0.3 is 23.9 Å². The second-order valence-electron chi connectivity index (χ2n) is 7.73. The molecule has 1 aliphatic rings. The Morgan fingerprint density at radius 2 is 1.88 bits per heavy atom. The van der Waals surface area contributed by atoms with Crippen LogP contribution < -0.4 is 9.47 Å². The molecule has 0 spiro atoms. The first-order valence-electron chi connectivity index (χ1n) is 10.6. The first kappa shape index (κ1) is 22.7. The number of ketones is 1. The number of nitrogens with zero attached hydrogens (tertiary/aromatic N) is 1. The highest BCUT2D eigenvalue weighted by Crippen LogP contribution is 2.43. The zero-order chi connectivity index (χ0) is 23.7. The summed E-state index contributed by atoms with van der Waals surface area (Å²) in [5, 5.41) is 11.8. The van der Waals surface area contributed by atoms with Gasteiger partial charge in [0.05, 0.1) is 25.8 Å². The maximum atomic E-state index is 13.7. The number of rotatable bonds is 8. The normalized spacial score (nSPS) is 16.1. The molecule has 1 aromatic heterocycles. The van der Waals surface area contributed by atoms with Gasteiger partial charge >= 0.3 is 0 Å². The van der Waals surface area contributed by atoms with Crippen LogP contribution in [-0.4, -0.2) is 42.5 Å². The lowest BCUT2D eigenvalue weighted by atomic mass is 9.94. The van der Waals surface area contributed by atoms with Crippen molar-refractivity contribution in [2.24, 2.45) is 0 Å². The minimum absolute atomic E-state index is 0.0304. The van der Waals surface area contributed by atoms with Crippen LogP contribution in [0.3, 0.4) is 0 Å². The third-order valence-corrected chi connectivity index (χ3v) is 5.94. The summed E-state index contributed by atoms with van der Waals surface area (Å²) in [7, 11) is 2.99. The first-order chi connectivity index (χ1) is 15.9. The van der Waals surface area contributed by atoms with Gasteiger partial charge in [-0.15, -0.1) is 0 Å². The van der Waals surface area contributed by atoms with Crippen molar-refractivity contribution in [3.8, 4) is 11.5 Å². The molecule has 0 radical (unpaired) electrons. The predicted molar refractivity (Wildman–Crippen MR) is 124 cm³/mol. The second kappa shape index (κ2) is 9.19. The molecule has 0 saturated carbocycles. The SMILES string of the molecule is CCCCN1C(=O)C(O)=C(C(=O)c2cc3cc(Cl)cc(OC)c3o2)C1c1ccccc1OC. The molecular weight excluding hydrogens is 446 g/mol. The molecule has 8 heteroatoms. The fraction of sp³-hybridized carbons (Fsp3) is 0.280. The molecule has 2 heterocycles. The Bertz CT molecular complexity index is 1260. The molecule has 1 aliphatic heterocycles. The number of hydrogen-bond donors (Lipinski definition) is 1. The van der Waals surface area contributed by atoms with Crippen molar-refractivity contribution in [2.75, 3.05) is 20.8 Å². The zero-order valence-electron chi connectivity index (χ0n) is 18.6. The molecule has 7 nitrogen and oxygen atoms in total. The summed E-state index contributed by atoms with van der Waals surface area (Å²) in [6, 6.07) is 11.1. The Kier molecular flexibility index (Phi) is 6.33. The Hall–Kier alpha value is -3.45. The van der Waals surface area contributed by atoms with E-state index in [1.807, 2.05) is 6.92 Å². The summed E-state index contributed by atoms with van der Waals surface area (Å²) in [4.78, 5) is 28.2. The van der Waals surface area contributed by atoms with Crippen molar-refractivity contribution in [1.29, 1.82) is 0 Å². The van der Waals surface area contributed by atoms with E-state index in [0.29, 0.717) is 46.0 Å². The van der Waals surface area contributed by atoms with E-state index in [0.717, 1.165) is 6.42 Å². The minimum atomic E-state index is -0.814. The van der Waals surface area contributed by atoms with E-state index < -0.39 is 23.5 Å². The molecule has 2 aromatic carbocycles. The molecular formula is C25H24ClNO6. The molecule has 1 unspecified atom stereocenters. The standard InChI is InChI=1S/C25H24ClNO6/c1-4-5-10-27-21(16-8-6-7-9-17(16)31-2)20(23(29)25(27)30)22(28)18-12-14-11-15(26)13-19(32-3)24(14)33-18/h6-9,11-13,21,29H,4-5,10H2,1-3H3. The number of fused-ring (bicyclic) bond motifs is 1. The Balaban J connectivity index is 1.85. The van der Waals surface area contributed by atoms with E-state index in [2.05, 4.69) is 0 Å². The molecule has 4 rings (SSSR count). The number of ether oxygens (including phenoxy) is 2. The lowest BCUT2D eigenvalue weighted by Gasteiger charge is -2.27. The number of furan rings is 1. The van der Waals surface area contributed by atoms with Crippen LogP contribution >= 0.6 is 11.6 Å². The largest absolute Gasteiger partial charge is 0.503 e. The topological polar surface area (TPSA) is 89.2 Å². The Morgan fingerprint density at radius 3 is 2.58 bits per heavy atom. The Labute approximate surface area is 196 Å². The monoisotopic (exact) mass is 469 g/mol. The van der Waals surface area contributed by atoms with Crippen LogP contribution in [0.1, 0.15) is 41.9 Å². The molecule has 0 bridgehead atoms. The van der Waals surface area contributed by atoms with Gasteiger partial charge in [-0.2, -0.15) is 0 Å². The fourth-order valence-corrected chi connectivity index (χ4v) is 4.36. The summed E-state index contributed by atoms with van der Waals surface area (Å²) >= 11 is 6.14. The van der Waals surface area contributed by atoms with Crippen molar-refractivity contribution in [1.82, 2.24) is 4.90 Å².